The van der Waals surface area contributed by atoms with Crippen LogP contribution in [0.5, 0.6) is 5.75 Å². The van der Waals surface area contributed by atoms with Crippen LogP contribution in [0.15, 0.2) is 36.5 Å². The molecule has 1 atom stereocenters. The van der Waals surface area contributed by atoms with Crippen LogP contribution in [0.3, 0.4) is 0 Å². The molecular weight excluding hydrogens is 335 g/mol. The lowest BCUT2D eigenvalue weighted by Crippen LogP contribution is -2.51. The number of piperidine rings is 1. The van der Waals surface area contributed by atoms with Crippen LogP contribution in [0.4, 0.5) is 10.3 Å². The molecule has 1 saturated heterocycles. The number of amides is 1. The minimum atomic E-state index is -1.05. The van der Waals surface area contributed by atoms with Gasteiger partial charge in [0.2, 0.25) is 5.95 Å². The van der Waals surface area contributed by atoms with Crippen LogP contribution in [0, 0.1) is 5.82 Å². The summed E-state index contributed by atoms with van der Waals surface area (Å²) in [5, 5.41) is 0. The number of nitrogens with zero attached hydrogens (tertiary/aromatic N) is 3. The van der Waals surface area contributed by atoms with Crippen molar-refractivity contribution in [3.05, 3.63) is 48.0 Å². The van der Waals surface area contributed by atoms with Crippen molar-refractivity contribution in [1.82, 2.24) is 14.9 Å². The average Bonchev–Trinajstić information content (AvgIpc) is 2.63. The second-order valence-electron chi connectivity index (χ2n) is 7.00. The third-order valence-electron chi connectivity index (χ3n) is 4.52. The molecule has 1 aliphatic rings. The Balaban J connectivity index is 1.70. The molecule has 0 radical (unpaired) electrons. The minimum Gasteiger partial charge on any atom is -0.478 e. The third-order valence-corrected chi connectivity index (χ3v) is 4.52. The second kappa shape index (κ2) is 7.27. The Labute approximate surface area is 152 Å². The molecule has 0 unspecified atom stereocenters. The lowest BCUT2D eigenvalue weighted by atomic mass is 9.93. The van der Waals surface area contributed by atoms with E-state index in [1.54, 1.807) is 24.9 Å². The van der Waals surface area contributed by atoms with Crippen LogP contribution < -0.4 is 10.5 Å². The van der Waals surface area contributed by atoms with Gasteiger partial charge in [-0.1, -0.05) is 0 Å². The van der Waals surface area contributed by atoms with Crippen molar-refractivity contribution in [2.75, 3.05) is 18.8 Å². The highest BCUT2D eigenvalue weighted by Gasteiger charge is 2.37. The summed E-state index contributed by atoms with van der Waals surface area (Å²) in [6.07, 6.45) is 3.46. The number of carbonyl (C=O) groups excluding carboxylic acids is 1. The Morgan fingerprint density at radius 1 is 1.31 bits per heavy atom. The molecule has 1 amide bonds. The largest absolute Gasteiger partial charge is 0.478 e. The van der Waals surface area contributed by atoms with E-state index in [-0.39, 0.29) is 23.6 Å². The highest BCUT2D eigenvalue weighted by molar-refractivity contribution is 5.85. The molecule has 0 aliphatic carbocycles. The van der Waals surface area contributed by atoms with Crippen LogP contribution in [0.1, 0.15) is 38.3 Å². The lowest BCUT2D eigenvalue weighted by molar-refractivity contribution is -0.146. The maximum Gasteiger partial charge on any atom is 0.266 e. The van der Waals surface area contributed by atoms with E-state index in [9.17, 15) is 9.18 Å². The van der Waals surface area contributed by atoms with Gasteiger partial charge in [-0.15, -0.1) is 0 Å². The molecule has 138 valence electrons. The molecule has 0 saturated carbocycles. The number of carbonyl (C=O) groups is 1. The van der Waals surface area contributed by atoms with E-state index in [1.165, 1.54) is 24.3 Å². The van der Waals surface area contributed by atoms with Gasteiger partial charge in [-0.3, -0.25) is 4.79 Å². The maximum atomic E-state index is 13.1. The number of ether oxygens (including phenoxy) is 1. The SMILES string of the molecule is CC(C)(Oc1ccc(F)cc1)C(=O)N1CCC[C@H](c2ccnc(N)n2)C1. The van der Waals surface area contributed by atoms with E-state index in [2.05, 4.69) is 9.97 Å². The van der Waals surface area contributed by atoms with E-state index in [0.29, 0.717) is 18.8 Å². The predicted molar refractivity (Wildman–Crippen MR) is 96.1 cm³/mol. The van der Waals surface area contributed by atoms with Crippen molar-refractivity contribution in [2.45, 2.75) is 38.2 Å². The number of aromatic nitrogens is 2. The molecule has 0 bridgehead atoms. The number of nitrogens with two attached hydrogens (primary N) is 1. The Bertz CT molecular complexity index is 779. The number of hydrogen-bond donors (Lipinski definition) is 1. The summed E-state index contributed by atoms with van der Waals surface area (Å²) in [6.45, 7) is 4.69. The highest BCUT2D eigenvalue weighted by atomic mass is 19.1. The molecule has 1 aromatic heterocycles. The van der Waals surface area contributed by atoms with E-state index < -0.39 is 5.60 Å². The minimum absolute atomic E-state index is 0.103. The first-order valence-electron chi connectivity index (χ1n) is 8.67. The smallest absolute Gasteiger partial charge is 0.266 e. The van der Waals surface area contributed by atoms with Crippen molar-refractivity contribution in [2.24, 2.45) is 0 Å². The number of likely N-dealkylation sites (tertiary alicyclic amines) is 1. The highest BCUT2D eigenvalue weighted by Crippen LogP contribution is 2.28. The molecular formula is C19H23FN4O2. The number of rotatable bonds is 4. The van der Waals surface area contributed by atoms with Crippen LogP contribution in [-0.2, 0) is 4.79 Å². The summed E-state index contributed by atoms with van der Waals surface area (Å²) in [7, 11) is 0. The normalized spacial score (nSPS) is 17.8. The van der Waals surface area contributed by atoms with E-state index in [0.717, 1.165) is 18.5 Å². The van der Waals surface area contributed by atoms with Crippen molar-refractivity contribution in [3.63, 3.8) is 0 Å². The first kappa shape index (κ1) is 18.1. The van der Waals surface area contributed by atoms with Gasteiger partial charge in [0.25, 0.3) is 5.91 Å². The van der Waals surface area contributed by atoms with E-state index in [4.69, 9.17) is 10.5 Å². The molecule has 2 aromatic rings. The van der Waals surface area contributed by atoms with Gasteiger partial charge in [0, 0.05) is 25.2 Å². The standard InChI is InChI=1S/C19H23FN4O2/c1-19(2,26-15-7-5-14(20)6-8-15)17(25)24-11-3-4-13(12-24)16-9-10-22-18(21)23-16/h5-10,13H,3-4,11-12H2,1-2H3,(H2,21,22,23)/t13-/m0/s1. The van der Waals surface area contributed by atoms with Crippen LogP contribution in [-0.4, -0.2) is 39.5 Å². The van der Waals surface area contributed by atoms with E-state index in [1.807, 2.05) is 6.07 Å². The number of anilines is 1. The molecule has 7 heteroatoms. The van der Waals surface area contributed by atoms with Crippen LogP contribution in [0.25, 0.3) is 0 Å². The molecule has 2 heterocycles. The van der Waals surface area contributed by atoms with Crippen molar-refractivity contribution in [1.29, 1.82) is 0 Å². The fourth-order valence-electron chi connectivity index (χ4n) is 3.24. The third kappa shape index (κ3) is 4.09. The summed E-state index contributed by atoms with van der Waals surface area (Å²) in [5.74, 6) is 0.380. The predicted octanol–water partition coefficient (Wildman–Crippen LogP) is 2.76. The summed E-state index contributed by atoms with van der Waals surface area (Å²) >= 11 is 0. The molecule has 0 spiro atoms. The van der Waals surface area contributed by atoms with Crippen molar-refractivity contribution < 1.29 is 13.9 Å². The number of nitrogen functional groups attached to an aromatic ring is 1. The fraction of sp³-hybridized carbons (Fsp3) is 0.421. The first-order valence-corrected chi connectivity index (χ1v) is 8.67. The van der Waals surface area contributed by atoms with Gasteiger partial charge >= 0.3 is 0 Å². The zero-order valence-electron chi connectivity index (χ0n) is 15.0. The Morgan fingerprint density at radius 2 is 2.04 bits per heavy atom. The zero-order chi connectivity index (χ0) is 18.7. The van der Waals surface area contributed by atoms with E-state index >= 15 is 0 Å². The van der Waals surface area contributed by atoms with Crippen molar-refractivity contribution >= 4 is 11.9 Å². The summed E-state index contributed by atoms with van der Waals surface area (Å²) < 4.78 is 18.9. The Morgan fingerprint density at radius 3 is 2.73 bits per heavy atom. The number of halogens is 1. The Kier molecular flexibility index (Phi) is 5.06. The van der Waals surface area contributed by atoms with Gasteiger partial charge in [0.05, 0.1) is 5.69 Å². The quantitative estimate of drug-likeness (QED) is 0.909. The lowest BCUT2D eigenvalue weighted by Gasteiger charge is -2.37. The van der Waals surface area contributed by atoms with Gasteiger partial charge < -0.3 is 15.4 Å². The van der Waals surface area contributed by atoms with Gasteiger partial charge in [-0.2, -0.15) is 0 Å². The molecule has 2 N–H and O–H groups in total. The zero-order valence-corrected chi connectivity index (χ0v) is 15.0. The first-order chi connectivity index (χ1) is 12.3. The number of hydrogen-bond acceptors (Lipinski definition) is 5. The van der Waals surface area contributed by atoms with Crippen LogP contribution >= 0.6 is 0 Å². The molecule has 1 aliphatic heterocycles. The summed E-state index contributed by atoms with van der Waals surface area (Å²) in [5.41, 5.74) is 5.48. The second-order valence-corrected chi connectivity index (χ2v) is 7.00. The summed E-state index contributed by atoms with van der Waals surface area (Å²) in [6, 6.07) is 7.51. The molecule has 3 rings (SSSR count). The van der Waals surface area contributed by atoms with Crippen molar-refractivity contribution in [3.8, 4) is 5.75 Å². The topological polar surface area (TPSA) is 81.3 Å². The molecule has 1 aromatic carbocycles. The number of benzene rings is 1. The van der Waals surface area contributed by atoms with Gasteiger partial charge in [0.15, 0.2) is 5.60 Å². The van der Waals surface area contributed by atoms with Gasteiger partial charge in [-0.25, -0.2) is 14.4 Å². The monoisotopic (exact) mass is 358 g/mol. The van der Waals surface area contributed by atoms with Crippen LogP contribution in [0.2, 0.25) is 0 Å². The average molecular weight is 358 g/mol. The van der Waals surface area contributed by atoms with Gasteiger partial charge in [-0.05, 0) is 57.0 Å². The fourth-order valence-corrected chi connectivity index (χ4v) is 3.24. The Hall–Kier alpha value is -2.70. The molecule has 6 nitrogen and oxygen atoms in total. The molecule has 26 heavy (non-hydrogen) atoms. The summed E-state index contributed by atoms with van der Waals surface area (Å²) in [4.78, 5) is 23.0. The molecule has 1 fully saturated rings. The maximum absolute atomic E-state index is 13.1. The van der Waals surface area contributed by atoms with Gasteiger partial charge in [0.1, 0.15) is 11.6 Å².